The Morgan fingerprint density at radius 3 is 2.43 bits per heavy atom. The highest BCUT2D eigenvalue weighted by atomic mass is 16.2. The number of nitrogens with one attached hydrogen (secondary N) is 2. The zero-order valence-corrected chi connectivity index (χ0v) is 14.7. The molecular weight excluding hydrogens is 356 g/mol. The fourth-order valence-electron chi connectivity index (χ4n) is 2.82. The Hall–Kier alpha value is -4.07. The van der Waals surface area contributed by atoms with E-state index in [0.29, 0.717) is 5.56 Å². The number of amides is 2. The van der Waals surface area contributed by atoms with Crippen LogP contribution in [-0.4, -0.2) is 32.0 Å². The second-order valence-corrected chi connectivity index (χ2v) is 6.16. The van der Waals surface area contributed by atoms with Crippen molar-refractivity contribution in [1.82, 2.24) is 31.1 Å². The predicted molar refractivity (Wildman–Crippen MR) is 102 cm³/mol. The van der Waals surface area contributed by atoms with Gasteiger partial charge in [0.2, 0.25) is 5.91 Å². The Balaban J connectivity index is 1.34. The van der Waals surface area contributed by atoms with Crippen LogP contribution in [-0.2, 0) is 11.2 Å². The second-order valence-electron chi connectivity index (χ2n) is 6.16. The number of rotatable bonds is 4. The molecule has 3 aromatic carbocycles. The summed E-state index contributed by atoms with van der Waals surface area (Å²) in [6, 6.07) is 20.5. The van der Waals surface area contributed by atoms with E-state index in [2.05, 4.69) is 26.4 Å². The molecule has 0 saturated carbocycles. The largest absolute Gasteiger partial charge is 0.273 e. The monoisotopic (exact) mass is 372 g/mol. The molecule has 0 aliphatic rings. The number of carbonyl (C=O) groups is 2. The molecule has 0 unspecified atom stereocenters. The fourth-order valence-corrected chi connectivity index (χ4v) is 2.82. The lowest BCUT2D eigenvalue weighted by Crippen LogP contribution is -2.42. The van der Waals surface area contributed by atoms with E-state index in [1.165, 1.54) is 11.0 Å². The van der Waals surface area contributed by atoms with Gasteiger partial charge in [-0.1, -0.05) is 42.5 Å². The molecule has 28 heavy (non-hydrogen) atoms. The first-order valence-corrected chi connectivity index (χ1v) is 8.59. The minimum absolute atomic E-state index is 0.170. The van der Waals surface area contributed by atoms with Crippen LogP contribution < -0.4 is 10.9 Å². The number of aromatic nitrogens is 4. The first-order chi connectivity index (χ1) is 13.7. The Morgan fingerprint density at radius 2 is 1.68 bits per heavy atom. The van der Waals surface area contributed by atoms with E-state index in [9.17, 15) is 9.59 Å². The van der Waals surface area contributed by atoms with Gasteiger partial charge in [-0.2, -0.15) is 0 Å². The lowest BCUT2D eigenvalue weighted by molar-refractivity contribution is -0.121. The lowest BCUT2D eigenvalue weighted by atomic mass is 10.1. The third kappa shape index (κ3) is 3.85. The van der Waals surface area contributed by atoms with E-state index >= 15 is 0 Å². The second kappa shape index (κ2) is 7.67. The van der Waals surface area contributed by atoms with Crippen molar-refractivity contribution >= 4 is 22.6 Å². The third-order valence-electron chi connectivity index (χ3n) is 4.24. The molecule has 1 aromatic heterocycles. The molecular formula is C20H16N6O2. The summed E-state index contributed by atoms with van der Waals surface area (Å²) in [5, 5.41) is 13.1. The molecule has 0 atom stereocenters. The van der Waals surface area contributed by atoms with Crippen LogP contribution in [0, 0.1) is 0 Å². The average molecular weight is 372 g/mol. The van der Waals surface area contributed by atoms with Crippen molar-refractivity contribution in [2.75, 3.05) is 0 Å². The highest BCUT2D eigenvalue weighted by molar-refractivity contribution is 5.95. The van der Waals surface area contributed by atoms with Gasteiger partial charge in [0, 0.05) is 5.56 Å². The van der Waals surface area contributed by atoms with E-state index in [-0.39, 0.29) is 12.3 Å². The topological polar surface area (TPSA) is 102 Å². The highest BCUT2D eigenvalue weighted by Crippen LogP contribution is 2.15. The summed E-state index contributed by atoms with van der Waals surface area (Å²) >= 11 is 0. The Morgan fingerprint density at radius 1 is 0.893 bits per heavy atom. The van der Waals surface area contributed by atoms with E-state index in [4.69, 9.17) is 0 Å². The predicted octanol–water partition coefficient (Wildman–Crippen LogP) is 1.82. The summed E-state index contributed by atoms with van der Waals surface area (Å²) in [5.74, 6) is -0.705. The number of benzene rings is 3. The number of fused-ring (bicyclic) bond motifs is 1. The van der Waals surface area contributed by atoms with Crippen molar-refractivity contribution in [3.05, 3.63) is 84.2 Å². The molecule has 2 amide bonds. The molecule has 8 nitrogen and oxygen atoms in total. The smallest absolute Gasteiger partial charge is 0.269 e. The number of tetrazole rings is 1. The maximum Gasteiger partial charge on any atom is 0.269 e. The fraction of sp³-hybridized carbons (Fsp3) is 0.0500. The van der Waals surface area contributed by atoms with E-state index < -0.39 is 5.91 Å². The van der Waals surface area contributed by atoms with Gasteiger partial charge in [0.05, 0.1) is 12.1 Å². The van der Waals surface area contributed by atoms with Gasteiger partial charge in [-0.3, -0.25) is 20.4 Å². The van der Waals surface area contributed by atoms with Crippen LogP contribution in [0.5, 0.6) is 0 Å². The summed E-state index contributed by atoms with van der Waals surface area (Å²) in [6.07, 6.45) is 1.63. The number of carbonyl (C=O) groups excluding carboxylic acids is 2. The minimum atomic E-state index is -0.407. The van der Waals surface area contributed by atoms with Crippen LogP contribution in [0.15, 0.2) is 73.1 Å². The van der Waals surface area contributed by atoms with E-state index in [0.717, 1.165) is 22.0 Å². The van der Waals surface area contributed by atoms with Crippen molar-refractivity contribution in [1.29, 1.82) is 0 Å². The zero-order chi connectivity index (χ0) is 19.3. The van der Waals surface area contributed by atoms with Gasteiger partial charge in [0.25, 0.3) is 5.91 Å². The first kappa shape index (κ1) is 17.3. The maximum absolute atomic E-state index is 12.2. The van der Waals surface area contributed by atoms with Gasteiger partial charge in [-0.15, -0.1) is 5.10 Å². The van der Waals surface area contributed by atoms with Crippen molar-refractivity contribution in [3.8, 4) is 5.69 Å². The number of hydrogen-bond acceptors (Lipinski definition) is 5. The summed E-state index contributed by atoms with van der Waals surface area (Å²) < 4.78 is 1.48. The molecule has 0 bridgehead atoms. The van der Waals surface area contributed by atoms with Gasteiger partial charge in [0.1, 0.15) is 6.33 Å². The summed E-state index contributed by atoms with van der Waals surface area (Å²) in [6.45, 7) is 0. The van der Waals surface area contributed by atoms with E-state index in [1.807, 2.05) is 42.5 Å². The molecule has 4 rings (SSSR count). The van der Waals surface area contributed by atoms with Crippen LogP contribution in [0.3, 0.4) is 0 Å². The van der Waals surface area contributed by atoms with Gasteiger partial charge < -0.3 is 0 Å². The minimum Gasteiger partial charge on any atom is -0.273 e. The molecule has 0 radical (unpaired) electrons. The van der Waals surface area contributed by atoms with Gasteiger partial charge >= 0.3 is 0 Å². The standard InChI is InChI=1S/C20H16N6O2/c27-19(12-14-5-6-15-3-1-2-4-17(15)11-14)22-23-20(28)16-7-9-18(10-8-16)26-13-21-24-25-26/h1-11,13H,12H2,(H,22,27)(H,23,28). The Kier molecular flexibility index (Phi) is 4.75. The Bertz CT molecular complexity index is 1120. The molecule has 1 heterocycles. The van der Waals surface area contributed by atoms with Crippen LogP contribution in [0.25, 0.3) is 16.5 Å². The maximum atomic E-state index is 12.2. The van der Waals surface area contributed by atoms with Crippen LogP contribution in [0.2, 0.25) is 0 Å². The summed E-state index contributed by atoms with van der Waals surface area (Å²) in [4.78, 5) is 24.3. The zero-order valence-electron chi connectivity index (χ0n) is 14.7. The van der Waals surface area contributed by atoms with Crippen LogP contribution >= 0.6 is 0 Å². The molecule has 0 spiro atoms. The molecule has 8 heteroatoms. The lowest BCUT2D eigenvalue weighted by Gasteiger charge is -2.08. The average Bonchev–Trinajstić information content (AvgIpc) is 3.27. The SMILES string of the molecule is O=C(Cc1ccc2ccccc2c1)NNC(=O)c1ccc(-n2cnnn2)cc1. The normalized spacial score (nSPS) is 10.6. The first-order valence-electron chi connectivity index (χ1n) is 8.59. The number of hydrazine groups is 1. The molecule has 0 fully saturated rings. The van der Waals surface area contributed by atoms with Gasteiger partial charge in [-0.05, 0) is 51.0 Å². The molecule has 4 aromatic rings. The summed E-state index contributed by atoms with van der Waals surface area (Å²) in [7, 11) is 0. The van der Waals surface area contributed by atoms with Crippen molar-refractivity contribution in [2.45, 2.75) is 6.42 Å². The van der Waals surface area contributed by atoms with Crippen molar-refractivity contribution in [2.24, 2.45) is 0 Å². The highest BCUT2D eigenvalue weighted by Gasteiger charge is 2.09. The van der Waals surface area contributed by atoms with Crippen molar-refractivity contribution < 1.29 is 9.59 Å². The van der Waals surface area contributed by atoms with Crippen LogP contribution in [0.4, 0.5) is 0 Å². The molecule has 0 aliphatic carbocycles. The van der Waals surface area contributed by atoms with E-state index in [1.54, 1.807) is 24.3 Å². The van der Waals surface area contributed by atoms with Gasteiger partial charge in [-0.25, -0.2) is 4.68 Å². The Labute approximate surface area is 160 Å². The van der Waals surface area contributed by atoms with Crippen LogP contribution in [0.1, 0.15) is 15.9 Å². The summed E-state index contributed by atoms with van der Waals surface area (Å²) in [5.41, 5.74) is 6.87. The van der Waals surface area contributed by atoms with Gasteiger partial charge in [0.15, 0.2) is 0 Å². The molecule has 138 valence electrons. The molecule has 0 saturated heterocycles. The molecule has 0 aliphatic heterocycles. The number of nitrogens with zero attached hydrogens (tertiary/aromatic N) is 4. The van der Waals surface area contributed by atoms with Crippen molar-refractivity contribution in [3.63, 3.8) is 0 Å². The third-order valence-corrected chi connectivity index (χ3v) is 4.24. The number of hydrogen-bond donors (Lipinski definition) is 2. The quantitative estimate of drug-likeness (QED) is 0.532. The molecule has 2 N–H and O–H groups in total.